The number of hydrogen-bond acceptors (Lipinski definition) is 9. The molecule has 1 amide bonds. The van der Waals surface area contributed by atoms with Crippen LogP contribution in [0.25, 0.3) is 0 Å². The van der Waals surface area contributed by atoms with Gasteiger partial charge in [0.25, 0.3) is 5.69 Å². The second kappa shape index (κ2) is 7.59. The van der Waals surface area contributed by atoms with E-state index in [1.807, 2.05) is 0 Å². The molecule has 1 aromatic carbocycles. The summed E-state index contributed by atoms with van der Waals surface area (Å²) in [6.07, 6.45) is 1.80. The Morgan fingerprint density at radius 3 is 2.77 bits per heavy atom. The summed E-state index contributed by atoms with van der Waals surface area (Å²) < 4.78 is 44.5. The number of fused-ring (bicyclic) bond motifs is 3. The molecule has 0 aromatic heterocycles. The predicted octanol–water partition coefficient (Wildman–Crippen LogP) is 0.379. The van der Waals surface area contributed by atoms with E-state index in [1.165, 1.54) is 19.1 Å². The van der Waals surface area contributed by atoms with Gasteiger partial charge in [-0.3, -0.25) is 14.9 Å². The number of nitro benzene ring substituents is 1. The van der Waals surface area contributed by atoms with E-state index in [0.717, 1.165) is 12.1 Å². The number of para-hydroxylation sites is 1. The summed E-state index contributed by atoms with van der Waals surface area (Å²) in [7, 11) is -4.57. The number of ether oxygens (including phenoxy) is 3. The van der Waals surface area contributed by atoms with E-state index in [4.69, 9.17) is 14.2 Å². The number of nitrogens with zero attached hydrogens (tertiary/aromatic N) is 1. The highest BCUT2D eigenvalue weighted by Gasteiger charge is 2.65. The first-order valence-electron chi connectivity index (χ1n) is 9.43. The average molecular weight is 453 g/mol. The monoisotopic (exact) mass is 453 g/mol. The topological polar surface area (TPSA) is 163 Å². The highest BCUT2D eigenvalue weighted by molar-refractivity contribution is 7.89. The SMILES string of the molecule is CCOC(=O)[C@H](NS(=O)(=O)c1ccccc1[N+](=O)[O-])[C@@H]1NC(=O)O[C@@]12C[C@H]1C=C[C@@H]2O1. The van der Waals surface area contributed by atoms with Gasteiger partial charge >= 0.3 is 12.1 Å². The molecule has 1 spiro atoms. The minimum Gasteiger partial charge on any atom is -0.465 e. The van der Waals surface area contributed by atoms with E-state index in [-0.39, 0.29) is 19.1 Å². The molecule has 12 nitrogen and oxygen atoms in total. The van der Waals surface area contributed by atoms with Crippen molar-refractivity contribution >= 4 is 27.8 Å². The third-order valence-electron chi connectivity index (χ3n) is 5.41. The molecule has 3 aliphatic heterocycles. The first-order valence-corrected chi connectivity index (χ1v) is 10.9. The Labute approximate surface area is 176 Å². The maximum Gasteiger partial charge on any atom is 0.408 e. The van der Waals surface area contributed by atoms with E-state index in [2.05, 4.69) is 10.0 Å². The lowest BCUT2D eigenvalue weighted by atomic mass is 9.80. The molecule has 0 aliphatic carbocycles. The number of carbonyl (C=O) groups excluding carboxylic acids is 2. The van der Waals surface area contributed by atoms with Gasteiger partial charge < -0.3 is 19.5 Å². The summed E-state index contributed by atoms with van der Waals surface area (Å²) in [6, 6.07) is 1.93. The maximum atomic E-state index is 13.1. The normalized spacial score (nSPS) is 29.6. The molecule has 31 heavy (non-hydrogen) atoms. The number of nitrogens with one attached hydrogen (secondary N) is 2. The van der Waals surface area contributed by atoms with Gasteiger partial charge in [0.15, 0.2) is 10.5 Å². The van der Waals surface area contributed by atoms with E-state index >= 15 is 0 Å². The molecule has 13 heteroatoms. The molecule has 2 bridgehead atoms. The molecule has 5 atom stereocenters. The Bertz CT molecular complexity index is 1070. The number of amides is 1. The molecule has 3 heterocycles. The van der Waals surface area contributed by atoms with Crippen molar-refractivity contribution < 1.29 is 37.1 Å². The van der Waals surface area contributed by atoms with Crippen molar-refractivity contribution in [1.29, 1.82) is 0 Å². The zero-order chi connectivity index (χ0) is 22.4. The summed E-state index contributed by atoms with van der Waals surface area (Å²) in [5, 5.41) is 13.8. The van der Waals surface area contributed by atoms with Gasteiger partial charge in [-0.15, -0.1) is 0 Å². The van der Waals surface area contributed by atoms with Gasteiger partial charge in [0.2, 0.25) is 10.0 Å². The molecule has 2 saturated heterocycles. The van der Waals surface area contributed by atoms with Gasteiger partial charge in [-0.2, -0.15) is 4.72 Å². The van der Waals surface area contributed by atoms with Gasteiger partial charge in [-0.05, 0) is 13.0 Å². The molecule has 3 aliphatic rings. The highest BCUT2D eigenvalue weighted by Crippen LogP contribution is 2.45. The largest absolute Gasteiger partial charge is 0.465 e. The zero-order valence-corrected chi connectivity index (χ0v) is 17.0. The number of esters is 1. The number of benzene rings is 1. The minimum absolute atomic E-state index is 0.0560. The Kier molecular flexibility index (Phi) is 5.19. The van der Waals surface area contributed by atoms with Crippen LogP contribution in [0.3, 0.4) is 0 Å². The van der Waals surface area contributed by atoms with Gasteiger partial charge in [0.05, 0.1) is 17.6 Å². The second-order valence-corrected chi connectivity index (χ2v) is 8.91. The lowest BCUT2D eigenvalue weighted by Gasteiger charge is -2.35. The van der Waals surface area contributed by atoms with Crippen LogP contribution < -0.4 is 10.0 Å². The van der Waals surface area contributed by atoms with E-state index in [9.17, 15) is 28.1 Å². The summed E-state index contributed by atoms with van der Waals surface area (Å²) in [5.41, 5.74) is -2.00. The van der Waals surface area contributed by atoms with Crippen LogP contribution in [0.5, 0.6) is 0 Å². The smallest absolute Gasteiger partial charge is 0.408 e. The summed E-state index contributed by atoms with van der Waals surface area (Å²) in [6.45, 7) is 1.48. The number of carbonyl (C=O) groups is 2. The maximum absolute atomic E-state index is 13.1. The number of nitro groups is 1. The number of rotatable bonds is 7. The lowest BCUT2D eigenvalue weighted by molar-refractivity contribution is -0.387. The van der Waals surface area contributed by atoms with Crippen molar-refractivity contribution in [3.05, 3.63) is 46.5 Å². The van der Waals surface area contributed by atoms with Crippen LogP contribution in [-0.2, 0) is 29.0 Å². The Balaban J connectivity index is 1.73. The molecule has 166 valence electrons. The third kappa shape index (κ3) is 3.54. The van der Waals surface area contributed by atoms with Crippen molar-refractivity contribution in [1.82, 2.24) is 10.0 Å². The van der Waals surface area contributed by atoms with Crippen LogP contribution in [0.1, 0.15) is 13.3 Å². The first-order chi connectivity index (χ1) is 14.7. The van der Waals surface area contributed by atoms with Crippen LogP contribution in [0.2, 0.25) is 0 Å². The fraction of sp³-hybridized carbons (Fsp3) is 0.444. The molecule has 0 saturated carbocycles. The standard InChI is InChI=1S/C18H19N3O9S/c1-2-28-16(22)14(20-31(26,27)12-6-4-3-5-11(12)21(24)25)15-18(30-17(23)19-15)9-10-7-8-13(18)29-10/h3-8,10,13-15,20H,2,9H2,1H3,(H,19,23)/t10-,13+,14-,15+,18-/m1/s1. The van der Waals surface area contributed by atoms with E-state index in [0.29, 0.717) is 0 Å². The Morgan fingerprint density at radius 1 is 1.42 bits per heavy atom. The third-order valence-corrected chi connectivity index (χ3v) is 6.90. The van der Waals surface area contributed by atoms with Crippen LogP contribution in [0.15, 0.2) is 41.3 Å². The molecule has 2 fully saturated rings. The van der Waals surface area contributed by atoms with Crippen LogP contribution in [0.4, 0.5) is 10.5 Å². The number of sulfonamides is 1. The Morgan fingerprint density at radius 2 is 2.16 bits per heavy atom. The molecule has 2 N–H and O–H groups in total. The van der Waals surface area contributed by atoms with Crippen LogP contribution in [-0.4, -0.2) is 61.9 Å². The van der Waals surface area contributed by atoms with Crippen molar-refractivity contribution in [3.63, 3.8) is 0 Å². The predicted molar refractivity (Wildman–Crippen MR) is 102 cm³/mol. The molecule has 1 aromatic rings. The summed E-state index contributed by atoms with van der Waals surface area (Å²) in [5.74, 6) is -0.966. The van der Waals surface area contributed by atoms with Crippen molar-refractivity contribution in [3.8, 4) is 0 Å². The van der Waals surface area contributed by atoms with Gasteiger partial charge in [0.1, 0.15) is 18.2 Å². The van der Waals surface area contributed by atoms with Crippen LogP contribution in [0, 0.1) is 10.1 Å². The minimum atomic E-state index is -4.57. The average Bonchev–Trinajstić information content (AvgIpc) is 3.40. The summed E-state index contributed by atoms with van der Waals surface area (Å²) >= 11 is 0. The van der Waals surface area contributed by atoms with E-state index < -0.39 is 61.4 Å². The van der Waals surface area contributed by atoms with Gasteiger partial charge in [0, 0.05) is 12.5 Å². The van der Waals surface area contributed by atoms with Crippen LogP contribution >= 0.6 is 0 Å². The quantitative estimate of drug-likeness (QED) is 0.257. The van der Waals surface area contributed by atoms with Crippen molar-refractivity contribution in [2.75, 3.05) is 6.61 Å². The summed E-state index contributed by atoms with van der Waals surface area (Å²) in [4.78, 5) is 34.7. The second-order valence-electron chi connectivity index (χ2n) is 7.23. The Hall–Kier alpha value is -3.03. The molecule has 0 unspecified atom stereocenters. The fourth-order valence-electron chi connectivity index (χ4n) is 4.16. The fourth-order valence-corrected chi connectivity index (χ4v) is 5.53. The van der Waals surface area contributed by atoms with Gasteiger partial charge in [-0.1, -0.05) is 24.3 Å². The number of alkyl carbamates (subject to hydrolysis) is 1. The highest BCUT2D eigenvalue weighted by atomic mass is 32.2. The molecule has 0 radical (unpaired) electrons. The van der Waals surface area contributed by atoms with Crippen molar-refractivity contribution in [2.45, 2.75) is 48.1 Å². The van der Waals surface area contributed by atoms with Crippen molar-refractivity contribution in [2.24, 2.45) is 0 Å². The number of hydrogen-bond donors (Lipinski definition) is 2. The van der Waals surface area contributed by atoms with E-state index in [1.54, 1.807) is 12.2 Å². The van der Waals surface area contributed by atoms with Gasteiger partial charge in [-0.25, -0.2) is 13.2 Å². The lowest BCUT2D eigenvalue weighted by Crippen LogP contribution is -2.63. The first kappa shape index (κ1) is 21.2. The molecular weight excluding hydrogens is 434 g/mol. The molecule has 4 rings (SSSR count). The zero-order valence-electron chi connectivity index (χ0n) is 16.2. The molecular formula is C18H19N3O9S.